The molecule has 0 aliphatic heterocycles. The maximum Gasteiger partial charge on any atom is 0.331 e. The van der Waals surface area contributed by atoms with Crippen LogP contribution in [-0.4, -0.2) is 11.9 Å². The largest absolute Gasteiger partial charge is 0.458 e. The van der Waals surface area contributed by atoms with Crippen LogP contribution < -0.4 is 16.2 Å². The van der Waals surface area contributed by atoms with Crippen molar-refractivity contribution >= 4 is 29.4 Å². The van der Waals surface area contributed by atoms with Crippen molar-refractivity contribution in [2.24, 2.45) is 11.8 Å². The van der Waals surface area contributed by atoms with E-state index in [0.717, 1.165) is 37.2 Å². The molecule has 0 spiro atoms. The highest BCUT2D eigenvalue weighted by molar-refractivity contribution is 5.87. The molecular weight excluding hydrogens is 464 g/mol. The third-order valence-electron chi connectivity index (χ3n) is 7.19. The summed E-state index contributed by atoms with van der Waals surface area (Å²) >= 11 is 0. The van der Waals surface area contributed by atoms with Crippen LogP contribution in [0.5, 0.6) is 5.75 Å². The minimum Gasteiger partial charge on any atom is -0.458 e. The monoisotopic (exact) mass is 506 g/mol. The molecule has 1 aliphatic carbocycles. The van der Waals surface area contributed by atoms with E-state index in [1.165, 1.54) is 51.0 Å². The van der Waals surface area contributed by atoms with Crippen molar-refractivity contribution in [1.29, 1.82) is 0 Å². The lowest BCUT2D eigenvalue weighted by atomic mass is 9.80. The Balaban J connectivity index is 1.36. The molecule has 0 bridgehead atoms. The number of rotatable bonds is 13. The van der Waals surface area contributed by atoms with Gasteiger partial charge in [0, 0.05) is 23.0 Å². The number of nitrogen functional groups attached to an aromatic ring is 2. The van der Waals surface area contributed by atoms with Crippen LogP contribution in [0.4, 0.5) is 11.4 Å². The number of benzene rings is 2. The molecule has 6 heteroatoms. The summed E-state index contributed by atoms with van der Waals surface area (Å²) in [7, 11) is 0. The van der Waals surface area contributed by atoms with Crippen molar-refractivity contribution in [3.63, 3.8) is 0 Å². The fraction of sp³-hybridized carbons (Fsp3) is 0.484. The van der Waals surface area contributed by atoms with Crippen LogP contribution in [0.25, 0.3) is 6.08 Å². The van der Waals surface area contributed by atoms with Crippen molar-refractivity contribution in [2.75, 3.05) is 11.5 Å². The molecule has 2 aromatic carbocycles. The fourth-order valence-corrected chi connectivity index (χ4v) is 4.86. The second-order valence-electron chi connectivity index (χ2n) is 10.2. The van der Waals surface area contributed by atoms with Gasteiger partial charge in [0.05, 0.1) is 5.92 Å². The topological polar surface area (TPSA) is 105 Å². The highest BCUT2D eigenvalue weighted by Gasteiger charge is 2.27. The normalized spacial score (nSPS) is 17.5. The van der Waals surface area contributed by atoms with E-state index in [1.54, 1.807) is 48.5 Å². The smallest absolute Gasteiger partial charge is 0.331 e. The van der Waals surface area contributed by atoms with Gasteiger partial charge in [0.25, 0.3) is 0 Å². The SMILES string of the molecule is CCCCCCCCC1CCC(C(=O)Oc2ccc(C=CC(=O)OCc3cc(N)ccc3N)cc2)CC1. The Morgan fingerprint density at radius 3 is 2.35 bits per heavy atom. The summed E-state index contributed by atoms with van der Waals surface area (Å²) < 4.78 is 10.9. The van der Waals surface area contributed by atoms with Gasteiger partial charge in [-0.1, -0.05) is 64.0 Å². The summed E-state index contributed by atoms with van der Waals surface area (Å²) in [5, 5.41) is 0. The van der Waals surface area contributed by atoms with Crippen LogP contribution in [0.1, 0.15) is 88.7 Å². The maximum absolute atomic E-state index is 12.7. The van der Waals surface area contributed by atoms with Crippen molar-refractivity contribution in [1.82, 2.24) is 0 Å². The third-order valence-corrected chi connectivity index (χ3v) is 7.19. The van der Waals surface area contributed by atoms with E-state index in [-0.39, 0.29) is 18.5 Å². The maximum atomic E-state index is 12.7. The van der Waals surface area contributed by atoms with Crippen molar-refractivity contribution in [3.8, 4) is 5.75 Å². The summed E-state index contributed by atoms with van der Waals surface area (Å²) in [6, 6.07) is 12.2. The minimum absolute atomic E-state index is 0.0100. The minimum atomic E-state index is -0.482. The van der Waals surface area contributed by atoms with Gasteiger partial charge in [-0.2, -0.15) is 0 Å². The molecule has 0 atom stereocenters. The molecule has 0 radical (unpaired) electrons. The predicted molar refractivity (Wildman–Crippen MR) is 150 cm³/mol. The summed E-state index contributed by atoms with van der Waals surface area (Å²) in [6.45, 7) is 2.30. The van der Waals surface area contributed by atoms with Gasteiger partial charge in [-0.25, -0.2) is 4.79 Å². The molecule has 1 fully saturated rings. The average molecular weight is 507 g/mol. The number of ether oxygens (including phenoxy) is 2. The molecule has 1 aliphatic rings. The first-order valence-electron chi connectivity index (χ1n) is 13.7. The molecular formula is C31H42N2O4. The van der Waals surface area contributed by atoms with E-state index in [0.29, 0.717) is 22.7 Å². The number of hydrogen-bond acceptors (Lipinski definition) is 6. The van der Waals surface area contributed by atoms with Gasteiger partial charge in [-0.3, -0.25) is 4.79 Å². The number of carbonyl (C=O) groups is 2. The van der Waals surface area contributed by atoms with E-state index < -0.39 is 5.97 Å². The molecule has 37 heavy (non-hydrogen) atoms. The third kappa shape index (κ3) is 9.95. The summed E-state index contributed by atoms with van der Waals surface area (Å²) in [4.78, 5) is 24.7. The average Bonchev–Trinajstić information content (AvgIpc) is 2.91. The Morgan fingerprint density at radius 1 is 0.919 bits per heavy atom. The fourth-order valence-electron chi connectivity index (χ4n) is 4.86. The standard InChI is InChI=1S/C31H42N2O4/c1-2-3-4-5-6-7-8-23-9-14-25(15-10-23)31(35)37-28-17-11-24(12-18-28)13-20-30(34)36-22-26-21-27(32)16-19-29(26)33/h11-13,16-21,23,25H,2-10,14-15,22,32-33H2,1H3. The second-order valence-corrected chi connectivity index (χ2v) is 10.2. The van der Waals surface area contributed by atoms with E-state index in [9.17, 15) is 9.59 Å². The van der Waals surface area contributed by atoms with Gasteiger partial charge < -0.3 is 20.9 Å². The molecule has 2 aromatic rings. The van der Waals surface area contributed by atoms with Crippen molar-refractivity contribution in [3.05, 3.63) is 59.7 Å². The summed E-state index contributed by atoms with van der Waals surface area (Å²) in [5.41, 5.74) is 14.2. The highest BCUT2D eigenvalue weighted by atomic mass is 16.5. The van der Waals surface area contributed by atoms with E-state index in [1.807, 2.05) is 0 Å². The van der Waals surface area contributed by atoms with Crippen LogP contribution in [0.3, 0.4) is 0 Å². The molecule has 0 unspecified atom stereocenters. The van der Waals surface area contributed by atoms with Crippen LogP contribution in [0.15, 0.2) is 48.5 Å². The lowest BCUT2D eigenvalue weighted by molar-refractivity contribution is -0.140. The van der Waals surface area contributed by atoms with Crippen LogP contribution >= 0.6 is 0 Å². The Morgan fingerprint density at radius 2 is 1.62 bits per heavy atom. The van der Waals surface area contributed by atoms with Crippen molar-refractivity contribution < 1.29 is 19.1 Å². The van der Waals surface area contributed by atoms with Gasteiger partial charge in [-0.05, 0) is 73.6 Å². The number of carbonyl (C=O) groups excluding carboxylic acids is 2. The molecule has 0 amide bonds. The predicted octanol–water partition coefficient (Wildman–Crippen LogP) is 7.07. The molecule has 200 valence electrons. The summed E-state index contributed by atoms with van der Waals surface area (Å²) in [6.07, 6.45) is 16.4. The zero-order chi connectivity index (χ0) is 26.5. The molecule has 3 rings (SSSR count). The van der Waals surface area contributed by atoms with E-state index in [4.69, 9.17) is 20.9 Å². The number of hydrogen-bond donors (Lipinski definition) is 2. The number of nitrogens with two attached hydrogens (primary N) is 2. The Kier molecular flexibility index (Phi) is 11.5. The van der Waals surface area contributed by atoms with Crippen molar-refractivity contribution in [2.45, 2.75) is 84.2 Å². The molecule has 1 saturated carbocycles. The van der Waals surface area contributed by atoms with E-state index in [2.05, 4.69) is 6.92 Å². The molecule has 0 saturated heterocycles. The number of unbranched alkanes of at least 4 members (excludes halogenated alkanes) is 5. The Labute approximate surface area is 221 Å². The molecule has 0 heterocycles. The highest BCUT2D eigenvalue weighted by Crippen LogP contribution is 2.33. The number of anilines is 2. The van der Waals surface area contributed by atoms with Gasteiger partial charge >= 0.3 is 11.9 Å². The molecule has 6 nitrogen and oxygen atoms in total. The van der Waals surface area contributed by atoms with Crippen LogP contribution in [-0.2, 0) is 20.9 Å². The zero-order valence-electron chi connectivity index (χ0n) is 22.1. The lowest BCUT2D eigenvalue weighted by Gasteiger charge is -2.27. The number of esters is 2. The lowest BCUT2D eigenvalue weighted by Crippen LogP contribution is -2.25. The molecule has 0 aromatic heterocycles. The first kappa shape index (κ1) is 28.3. The van der Waals surface area contributed by atoms with Gasteiger partial charge in [0.1, 0.15) is 12.4 Å². The van der Waals surface area contributed by atoms with Gasteiger partial charge in [0.15, 0.2) is 0 Å². The second kappa shape index (κ2) is 15.1. The Hall–Kier alpha value is -3.28. The summed E-state index contributed by atoms with van der Waals surface area (Å²) in [5.74, 6) is 0.659. The van der Waals surface area contributed by atoms with Crippen LogP contribution in [0, 0.1) is 11.8 Å². The van der Waals surface area contributed by atoms with Gasteiger partial charge in [0.2, 0.25) is 0 Å². The Bertz CT molecular complexity index is 1020. The quantitative estimate of drug-likeness (QED) is 0.0989. The zero-order valence-corrected chi connectivity index (χ0v) is 22.1. The first-order chi connectivity index (χ1) is 17.9. The first-order valence-corrected chi connectivity index (χ1v) is 13.7. The molecule has 4 N–H and O–H groups in total. The van der Waals surface area contributed by atoms with Crippen LogP contribution in [0.2, 0.25) is 0 Å². The van der Waals surface area contributed by atoms with E-state index >= 15 is 0 Å². The van der Waals surface area contributed by atoms with Gasteiger partial charge in [-0.15, -0.1) is 0 Å².